The number of halogens is 1. The highest BCUT2D eigenvalue weighted by Crippen LogP contribution is 2.40. The quantitative estimate of drug-likeness (QED) is 0.420. The molecule has 0 bridgehead atoms. The Kier molecular flexibility index (Phi) is 4.98. The van der Waals surface area contributed by atoms with Crippen molar-refractivity contribution in [3.8, 4) is 11.6 Å². The molecule has 1 amide bonds. The van der Waals surface area contributed by atoms with E-state index in [1.807, 2.05) is 31.2 Å². The van der Waals surface area contributed by atoms with Gasteiger partial charge < -0.3 is 10.1 Å². The van der Waals surface area contributed by atoms with Gasteiger partial charge in [-0.05, 0) is 54.4 Å². The first-order valence-electron chi connectivity index (χ1n) is 11.1. The number of carbonyl (C=O) groups excluding carboxylic acids is 1. The monoisotopic (exact) mass is 469 g/mol. The van der Waals surface area contributed by atoms with Gasteiger partial charge in [0.25, 0.3) is 0 Å². The van der Waals surface area contributed by atoms with E-state index < -0.39 is 0 Å². The van der Waals surface area contributed by atoms with Crippen LogP contribution in [0.4, 0.5) is 10.2 Å². The van der Waals surface area contributed by atoms with Crippen LogP contribution >= 0.6 is 0 Å². The van der Waals surface area contributed by atoms with Gasteiger partial charge in [-0.2, -0.15) is 14.3 Å². The Morgan fingerprint density at radius 2 is 1.86 bits per heavy atom. The summed E-state index contributed by atoms with van der Waals surface area (Å²) in [4.78, 5) is 12.7. The van der Waals surface area contributed by atoms with Gasteiger partial charge in [0.1, 0.15) is 30.3 Å². The number of nitrogens with zero attached hydrogens (tertiary/aromatic N) is 6. The number of aromatic nitrogens is 6. The molecule has 9 nitrogen and oxygen atoms in total. The average Bonchev–Trinajstić information content (AvgIpc) is 3.47. The van der Waals surface area contributed by atoms with Crippen LogP contribution in [0.2, 0.25) is 0 Å². The molecular formula is C25H20FN7O2. The van der Waals surface area contributed by atoms with E-state index >= 15 is 0 Å². The van der Waals surface area contributed by atoms with Gasteiger partial charge in [-0.3, -0.25) is 4.79 Å². The van der Waals surface area contributed by atoms with Crippen LogP contribution in [0.15, 0.2) is 67.0 Å². The first-order chi connectivity index (χ1) is 17.0. The number of aryl methyl sites for hydroxylation is 1. The van der Waals surface area contributed by atoms with Crippen molar-refractivity contribution < 1.29 is 13.9 Å². The molecular weight excluding hydrogens is 449 g/mol. The number of hydrogen-bond donors (Lipinski definition) is 1. The summed E-state index contributed by atoms with van der Waals surface area (Å²) >= 11 is 0. The smallest absolute Gasteiger partial charge is 0.226 e. The van der Waals surface area contributed by atoms with Gasteiger partial charge in [-0.1, -0.05) is 24.3 Å². The second kappa shape index (κ2) is 8.32. The summed E-state index contributed by atoms with van der Waals surface area (Å²) in [6.07, 6.45) is 1.83. The molecule has 0 aliphatic carbocycles. The van der Waals surface area contributed by atoms with E-state index in [-0.39, 0.29) is 17.6 Å². The Hall–Kier alpha value is -4.60. The molecule has 2 aromatic carbocycles. The normalized spacial score (nSPS) is 15.1. The van der Waals surface area contributed by atoms with Crippen LogP contribution in [0.25, 0.3) is 11.5 Å². The molecule has 174 valence electrons. The van der Waals surface area contributed by atoms with Crippen molar-refractivity contribution in [2.24, 2.45) is 0 Å². The van der Waals surface area contributed by atoms with Crippen molar-refractivity contribution >= 4 is 17.4 Å². The minimum atomic E-state index is -0.275. The van der Waals surface area contributed by atoms with Crippen LogP contribution in [0.1, 0.15) is 34.7 Å². The standard InChI is InChI=1S/C25H20FN7O2/c1-15-24-20(17-4-8-19(9-5-17)35-13-16-2-6-18(26)7-3-16)12-23(34)28-25(24)33(30-15)22-11-10-21-29-27-14-32(21)31-22/h2-11,14,20H,12-13H2,1H3,(H,28,34)/t20-/m0/s1. The van der Waals surface area contributed by atoms with E-state index in [0.29, 0.717) is 36.1 Å². The molecule has 0 saturated heterocycles. The zero-order valence-corrected chi connectivity index (χ0v) is 18.7. The Morgan fingerprint density at radius 3 is 2.66 bits per heavy atom. The van der Waals surface area contributed by atoms with Crippen LogP contribution in [-0.2, 0) is 11.4 Å². The molecule has 1 aliphatic rings. The molecule has 0 radical (unpaired) electrons. The molecule has 6 rings (SSSR count). The Balaban J connectivity index is 1.29. The topological polar surface area (TPSA) is 99.2 Å². The van der Waals surface area contributed by atoms with Crippen molar-refractivity contribution in [2.45, 2.75) is 25.9 Å². The number of amides is 1. The van der Waals surface area contributed by atoms with Crippen molar-refractivity contribution in [2.75, 3.05) is 5.32 Å². The molecule has 1 N–H and O–H groups in total. The van der Waals surface area contributed by atoms with Gasteiger partial charge in [-0.15, -0.1) is 15.3 Å². The SMILES string of the molecule is Cc1nn(-c2ccc3nncn3n2)c2c1[C@H](c1ccc(OCc3ccc(F)cc3)cc1)CC(=O)N2. The second-order valence-electron chi connectivity index (χ2n) is 8.37. The lowest BCUT2D eigenvalue weighted by Gasteiger charge is -2.24. The molecule has 0 unspecified atom stereocenters. The zero-order chi connectivity index (χ0) is 23.9. The van der Waals surface area contributed by atoms with Gasteiger partial charge in [0.15, 0.2) is 11.5 Å². The molecule has 3 aromatic heterocycles. The highest BCUT2D eigenvalue weighted by molar-refractivity contribution is 5.95. The summed E-state index contributed by atoms with van der Waals surface area (Å²) in [5, 5.41) is 20.0. The fraction of sp³-hybridized carbons (Fsp3) is 0.160. The van der Waals surface area contributed by atoms with E-state index in [2.05, 4.69) is 25.7 Å². The number of hydrogen-bond acceptors (Lipinski definition) is 6. The van der Waals surface area contributed by atoms with Crippen molar-refractivity contribution in [1.29, 1.82) is 0 Å². The third-order valence-electron chi connectivity index (χ3n) is 6.07. The summed E-state index contributed by atoms with van der Waals surface area (Å²) in [6, 6.07) is 17.5. The van der Waals surface area contributed by atoms with Crippen LogP contribution in [-0.4, -0.2) is 35.5 Å². The fourth-order valence-corrected chi connectivity index (χ4v) is 4.37. The van der Waals surface area contributed by atoms with E-state index in [4.69, 9.17) is 4.74 Å². The third-order valence-corrected chi connectivity index (χ3v) is 6.07. The highest BCUT2D eigenvalue weighted by Gasteiger charge is 2.33. The van der Waals surface area contributed by atoms with Gasteiger partial charge in [0.05, 0.1) is 5.69 Å². The lowest BCUT2D eigenvalue weighted by molar-refractivity contribution is -0.116. The maximum absolute atomic E-state index is 13.1. The number of rotatable bonds is 5. The Labute approximate surface area is 199 Å². The predicted octanol–water partition coefficient (Wildman–Crippen LogP) is 3.81. The maximum Gasteiger partial charge on any atom is 0.226 e. The van der Waals surface area contributed by atoms with Crippen LogP contribution in [0, 0.1) is 12.7 Å². The number of fused-ring (bicyclic) bond motifs is 2. The predicted molar refractivity (Wildman–Crippen MR) is 125 cm³/mol. The zero-order valence-electron chi connectivity index (χ0n) is 18.7. The fourth-order valence-electron chi connectivity index (χ4n) is 4.37. The molecule has 0 spiro atoms. The van der Waals surface area contributed by atoms with Gasteiger partial charge in [0.2, 0.25) is 5.91 Å². The number of carbonyl (C=O) groups is 1. The summed E-state index contributed by atoms with van der Waals surface area (Å²) in [5.74, 6) is 1.33. The number of ether oxygens (including phenoxy) is 1. The lowest BCUT2D eigenvalue weighted by atomic mass is 9.86. The summed E-state index contributed by atoms with van der Waals surface area (Å²) in [7, 11) is 0. The van der Waals surface area contributed by atoms with Crippen LogP contribution in [0.3, 0.4) is 0 Å². The number of nitrogens with one attached hydrogen (secondary N) is 1. The number of anilines is 1. The van der Waals surface area contributed by atoms with E-state index in [1.54, 1.807) is 33.5 Å². The van der Waals surface area contributed by atoms with Crippen LogP contribution in [0.5, 0.6) is 5.75 Å². The van der Waals surface area contributed by atoms with Gasteiger partial charge in [0, 0.05) is 17.9 Å². The minimum Gasteiger partial charge on any atom is -0.489 e. The minimum absolute atomic E-state index is 0.0920. The summed E-state index contributed by atoms with van der Waals surface area (Å²) in [6.45, 7) is 2.27. The van der Waals surface area contributed by atoms with Gasteiger partial charge >= 0.3 is 0 Å². The van der Waals surface area contributed by atoms with Crippen molar-refractivity contribution in [3.05, 3.63) is 95.2 Å². The molecule has 10 heteroatoms. The van der Waals surface area contributed by atoms with Crippen molar-refractivity contribution in [1.82, 2.24) is 29.6 Å². The Bertz CT molecular complexity index is 1540. The first-order valence-corrected chi connectivity index (χ1v) is 11.1. The molecule has 0 fully saturated rings. The molecule has 1 aliphatic heterocycles. The molecule has 35 heavy (non-hydrogen) atoms. The third kappa shape index (κ3) is 3.88. The van der Waals surface area contributed by atoms with E-state index in [0.717, 1.165) is 22.4 Å². The molecule has 4 heterocycles. The lowest BCUT2D eigenvalue weighted by Crippen LogP contribution is -2.25. The highest BCUT2D eigenvalue weighted by atomic mass is 19.1. The molecule has 1 atom stereocenters. The van der Waals surface area contributed by atoms with E-state index in [9.17, 15) is 9.18 Å². The summed E-state index contributed by atoms with van der Waals surface area (Å²) < 4.78 is 22.1. The first kappa shape index (κ1) is 21.0. The van der Waals surface area contributed by atoms with Crippen LogP contribution < -0.4 is 10.1 Å². The van der Waals surface area contributed by atoms with Gasteiger partial charge in [-0.25, -0.2) is 4.39 Å². The molecule has 0 saturated carbocycles. The largest absolute Gasteiger partial charge is 0.489 e. The van der Waals surface area contributed by atoms with Crippen molar-refractivity contribution in [3.63, 3.8) is 0 Å². The Morgan fingerprint density at radius 1 is 1.06 bits per heavy atom. The number of benzene rings is 2. The second-order valence-corrected chi connectivity index (χ2v) is 8.37. The average molecular weight is 469 g/mol. The molecule has 5 aromatic rings. The van der Waals surface area contributed by atoms with E-state index in [1.165, 1.54) is 18.5 Å². The summed E-state index contributed by atoms with van der Waals surface area (Å²) in [5.41, 5.74) is 4.25. The maximum atomic E-state index is 13.1.